The van der Waals surface area contributed by atoms with Crippen LogP contribution in [-0.4, -0.2) is 69.6 Å². The molecule has 1 heterocycles. The molecule has 0 spiro atoms. The zero-order valence-electron chi connectivity index (χ0n) is 20.1. The Kier molecular flexibility index (Phi) is 9.15. The van der Waals surface area contributed by atoms with Crippen molar-refractivity contribution in [3.8, 4) is 5.75 Å². The van der Waals surface area contributed by atoms with Crippen molar-refractivity contribution in [2.45, 2.75) is 25.8 Å². The number of likely N-dealkylation sites (tertiary alicyclic amines) is 1. The van der Waals surface area contributed by atoms with Crippen molar-refractivity contribution < 1.29 is 22.7 Å². The quantitative estimate of drug-likeness (QED) is 0.518. The molecule has 1 saturated heterocycles. The van der Waals surface area contributed by atoms with Crippen LogP contribution in [0.5, 0.6) is 5.75 Å². The van der Waals surface area contributed by atoms with Gasteiger partial charge in [-0.25, -0.2) is 13.1 Å². The Bertz CT molecular complexity index is 1130. The lowest BCUT2D eigenvalue weighted by Gasteiger charge is -2.43. The van der Waals surface area contributed by atoms with E-state index in [0.717, 1.165) is 11.8 Å². The standard InChI is InChI=1S/C25H32ClN3O5S/c1-28(17-20-8-4-3-5-9-20)23(30)15-25(19-34-22-11-6-10-21(26)14-22)12-7-13-29(18-25)24(31)16-27-35(2,32)33/h3-6,8-11,14,27H,7,12-13,15-19H2,1-2H3/t25-/m0/s1. The molecule has 0 unspecified atom stereocenters. The molecule has 2 aromatic carbocycles. The molecule has 10 heteroatoms. The third kappa shape index (κ3) is 8.52. The number of hydrogen-bond donors (Lipinski definition) is 1. The monoisotopic (exact) mass is 521 g/mol. The lowest BCUT2D eigenvalue weighted by molar-refractivity contribution is -0.140. The van der Waals surface area contributed by atoms with Crippen LogP contribution in [0.15, 0.2) is 54.6 Å². The first-order chi connectivity index (χ1) is 16.6. The number of nitrogens with zero attached hydrogens (tertiary/aromatic N) is 2. The third-order valence-corrected chi connectivity index (χ3v) is 6.96. The molecule has 1 atom stereocenters. The number of carbonyl (C=O) groups excluding carboxylic acids is 2. The second kappa shape index (κ2) is 11.9. The van der Waals surface area contributed by atoms with Crippen molar-refractivity contribution in [3.05, 3.63) is 65.2 Å². The van der Waals surface area contributed by atoms with E-state index in [1.807, 2.05) is 30.3 Å². The van der Waals surface area contributed by atoms with Crippen LogP contribution in [0.2, 0.25) is 5.02 Å². The first kappa shape index (κ1) is 27.0. The second-order valence-electron chi connectivity index (χ2n) is 9.17. The second-order valence-corrected chi connectivity index (χ2v) is 11.4. The van der Waals surface area contributed by atoms with Crippen LogP contribution in [0.25, 0.3) is 0 Å². The molecule has 35 heavy (non-hydrogen) atoms. The molecule has 2 aromatic rings. The van der Waals surface area contributed by atoms with Crippen molar-refractivity contribution in [1.29, 1.82) is 0 Å². The predicted molar refractivity (Wildman–Crippen MR) is 136 cm³/mol. The van der Waals surface area contributed by atoms with E-state index in [9.17, 15) is 18.0 Å². The van der Waals surface area contributed by atoms with E-state index >= 15 is 0 Å². The first-order valence-electron chi connectivity index (χ1n) is 11.4. The van der Waals surface area contributed by atoms with Gasteiger partial charge in [-0.2, -0.15) is 0 Å². The van der Waals surface area contributed by atoms with Gasteiger partial charge in [-0.1, -0.05) is 48.0 Å². The highest BCUT2D eigenvalue weighted by molar-refractivity contribution is 7.88. The molecule has 0 aromatic heterocycles. The van der Waals surface area contributed by atoms with E-state index in [2.05, 4.69) is 4.72 Å². The average molecular weight is 522 g/mol. The Labute approximate surface area is 212 Å². The Hall–Kier alpha value is -2.62. The van der Waals surface area contributed by atoms with Crippen molar-refractivity contribution in [1.82, 2.24) is 14.5 Å². The summed E-state index contributed by atoms with van der Waals surface area (Å²) in [5.41, 5.74) is 0.406. The number of rotatable bonds is 10. The highest BCUT2D eigenvalue weighted by atomic mass is 35.5. The van der Waals surface area contributed by atoms with Crippen LogP contribution in [0.1, 0.15) is 24.8 Å². The molecule has 8 nitrogen and oxygen atoms in total. The number of benzene rings is 2. The third-order valence-electron chi connectivity index (χ3n) is 6.06. The van der Waals surface area contributed by atoms with Gasteiger partial charge >= 0.3 is 0 Å². The summed E-state index contributed by atoms with van der Waals surface area (Å²) in [7, 11) is -1.73. The zero-order valence-corrected chi connectivity index (χ0v) is 21.6. The van der Waals surface area contributed by atoms with E-state index in [0.29, 0.717) is 43.2 Å². The fraction of sp³-hybridized carbons (Fsp3) is 0.440. The predicted octanol–water partition coefficient (Wildman–Crippen LogP) is 2.93. The minimum absolute atomic E-state index is 0.0490. The van der Waals surface area contributed by atoms with Gasteiger partial charge in [0.25, 0.3) is 0 Å². The maximum Gasteiger partial charge on any atom is 0.237 e. The normalized spacial score (nSPS) is 18.2. The van der Waals surface area contributed by atoms with Gasteiger partial charge in [-0.3, -0.25) is 9.59 Å². The topological polar surface area (TPSA) is 96.0 Å². The fourth-order valence-corrected chi connectivity index (χ4v) is 4.80. The van der Waals surface area contributed by atoms with Crippen LogP contribution in [0.4, 0.5) is 0 Å². The summed E-state index contributed by atoms with van der Waals surface area (Å²) in [5.74, 6) is 0.212. The minimum atomic E-state index is -3.49. The lowest BCUT2D eigenvalue weighted by atomic mass is 9.77. The number of halogens is 1. The maximum absolute atomic E-state index is 13.3. The molecule has 0 bridgehead atoms. The molecule has 1 fully saturated rings. The van der Waals surface area contributed by atoms with Gasteiger partial charge in [0.2, 0.25) is 21.8 Å². The molecule has 2 amide bonds. The van der Waals surface area contributed by atoms with Crippen molar-refractivity contribution in [3.63, 3.8) is 0 Å². The minimum Gasteiger partial charge on any atom is -0.493 e. The lowest BCUT2D eigenvalue weighted by Crippen LogP contribution is -2.52. The number of hydrogen-bond acceptors (Lipinski definition) is 5. The largest absolute Gasteiger partial charge is 0.493 e. The summed E-state index contributed by atoms with van der Waals surface area (Å²) in [4.78, 5) is 29.3. The number of amides is 2. The summed E-state index contributed by atoms with van der Waals surface area (Å²) in [6.45, 7) is 1.18. The summed E-state index contributed by atoms with van der Waals surface area (Å²) >= 11 is 6.09. The molecular formula is C25H32ClN3O5S. The fourth-order valence-electron chi connectivity index (χ4n) is 4.23. The number of sulfonamides is 1. The molecule has 0 radical (unpaired) electrons. The molecule has 0 aliphatic carbocycles. The molecular weight excluding hydrogens is 490 g/mol. The van der Waals surface area contributed by atoms with E-state index < -0.39 is 15.4 Å². The first-order valence-corrected chi connectivity index (χ1v) is 13.7. The number of piperidine rings is 1. The Morgan fingerprint density at radius 1 is 1.17 bits per heavy atom. The zero-order chi connectivity index (χ0) is 25.5. The van der Waals surface area contributed by atoms with Crippen LogP contribution < -0.4 is 9.46 Å². The van der Waals surface area contributed by atoms with E-state index in [1.54, 1.807) is 41.1 Å². The molecule has 1 N–H and O–H groups in total. The van der Waals surface area contributed by atoms with E-state index in [-0.39, 0.29) is 31.4 Å². The summed E-state index contributed by atoms with van der Waals surface area (Å²) in [6.07, 6.45) is 2.59. The number of carbonyl (C=O) groups is 2. The van der Waals surface area contributed by atoms with Gasteiger partial charge < -0.3 is 14.5 Å². The van der Waals surface area contributed by atoms with Crippen molar-refractivity contribution in [2.24, 2.45) is 5.41 Å². The van der Waals surface area contributed by atoms with Crippen LogP contribution in [0, 0.1) is 5.41 Å². The van der Waals surface area contributed by atoms with Gasteiger partial charge in [0.05, 0.1) is 19.4 Å². The summed E-state index contributed by atoms with van der Waals surface area (Å²) in [6, 6.07) is 16.8. The van der Waals surface area contributed by atoms with Crippen LogP contribution in [0.3, 0.4) is 0 Å². The highest BCUT2D eigenvalue weighted by Crippen LogP contribution is 2.35. The van der Waals surface area contributed by atoms with Gasteiger partial charge in [0.1, 0.15) is 5.75 Å². The van der Waals surface area contributed by atoms with Gasteiger partial charge in [-0.15, -0.1) is 0 Å². The van der Waals surface area contributed by atoms with Gasteiger partial charge in [0, 0.05) is 43.5 Å². The van der Waals surface area contributed by atoms with Gasteiger partial charge in [0.15, 0.2) is 0 Å². The maximum atomic E-state index is 13.3. The van der Waals surface area contributed by atoms with Crippen molar-refractivity contribution in [2.75, 3.05) is 39.5 Å². The van der Waals surface area contributed by atoms with Crippen LogP contribution in [-0.2, 0) is 26.2 Å². The summed E-state index contributed by atoms with van der Waals surface area (Å²) in [5, 5.41) is 0.544. The molecule has 1 aliphatic heterocycles. The SMILES string of the molecule is CN(Cc1ccccc1)C(=O)C[C@@]1(COc2cccc(Cl)c2)CCCN(C(=O)CNS(C)(=O)=O)C1. The highest BCUT2D eigenvalue weighted by Gasteiger charge is 2.40. The number of ether oxygens (including phenoxy) is 1. The number of nitrogens with one attached hydrogen (secondary N) is 1. The summed E-state index contributed by atoms with van der Waals surface area (Å²) < 4.78 is 31.2. The Balaban J connectivity index is 1.75. The molecule has 0 saturated carbocycles. The Morgan fingerprint density at radius 2 is 1.91 bits per heavy atom. The molecule has 1 aliphatic rings. The van der Waals surface area contributed by atoms with Gasteiger partial charge in [-0.05, 0) is 36.6 Å². The van der Waals surface area contributed by atoms with Crippen LogP contribution >= 0.6 is 11.6 Å². The molecule has 3 rings (SSSR count). The molecule has 190 valence electrons. The van der Waals surface area contributed by atoms with E-state index in [4.69, 9.17) is 16.3 Å². The van der Waals surface area contributed by atoms with Crippen molar-refractivity contribution >= 4 is 33.4 Å². The van der Waals surface area contributed by atoms with E-state index in [1.165, 1.54) is 0 Å². The average Bonchev–Trinajstić information content (AvgIpc) is 2.81. The smallest absolute Gasteiger partial charge is 0.237 e. The Morgan fingerprint density at radius 3 is 2.60 bits per heavy atom.